The summed E-state index contributed by atoms with van der Waals surface area (Å²) in [5.41, 5.74) is 0. The molecule has 1 heterocycles. The van der Waals surface area contributed by atoms with E-state index in [9.17, 15) is 9.59 Å². The van der Waals surface area contributed by atoms with E-state index in [1.165, 1.54) is 0 Å². The van der Waals surface area contributed by atoms with E-state index in [1.54, 1.807) is 11.9 Å². The van der Waals surface area contributed by atoms with Crippen LogP contribution in [0.1, 0.15) is 39.5 Å². The lowest BCUT2D eigenvalue weighted by molar-refractivity contribution is -0.139. The summed E-state index contributed by atoms with van der Waals surface area (Å²) in [7, 11) is 5.75. The third kappa shape index (κ3) is 4.78. The molecule has 1 aliphatic rings. The van der Waals surface area contributed by atoms with Crippen molar-refractivity contribution < 1.29 is 9.59 Å². The largest absolute Gasteiger partial charge is 0.338 e. The zero-order valence-electron chi connectivity index (χ0n) is 13.6. The van der Waals surface area contributed by atoms with Crippen molar-refractivity contribution in [1.82, 2.24) is 14.7 Å². The quantitative estimate of drug-likeness (QED) is 0.735. The Labute approximate surface area is 122 Å². The molecular formula is C15H29N3O2. The molecule has 2 amide bonds. The van der Waals surface area contributed by atoms with Crippen LogP contribution in [-0.2, 0) is 9.59 Å². The summed E-state index contributed by atoms with van der Waals surface area (Å²) < 4.78 is 0. The molecule has 2 atom stereocenters. The Morgan fingerprint density at radius 3 is 2.45 bits per heavy atom. The summed E-state index contributed by atoms with van der Waals surface area (Å²) in [5, 5.41) is 0. The van der Waals surface area contributed by atoms with Crippen LogP contribution in [0, 0.1) is 0 Å². The number of nitrogens with zero attached hydrogens (tertiary/aromatic N) is 3. The van der Waals surface area contributed by atoms with Gasteiger partial charge >= 0.3 is 0 Å². The summed E-state index contributed by atoms with van der Waals surface area (Å²) in [5.74, 6) is 0.130. The molecule has 5 nitrogen and oxygen atoms in total. The normalized spacial score (nSPS) is 20.3. The topological polar surface area (TPSA) is 43.9 Å². The Morgan fingerprint density at radius 2 is 1.95 bits per heavy atom. The molecule has 0 aromatic rings. The van der Waals surface area contributed by atoms with Gasteiger partial charge in [0.2, 0.25) is 11.8 Å². The third-order valence-electron chi connectivity index (χ3n) is 4.33. The second-order valence-corrected chi connectivity index (χ2v) is 6.18. The lowest BCUT2D eigenvalue weighted by atomic mass is 10.1. The monoisotopic (exact) mass is 283 g/mol. The summed E-state index contributed by atoms with van der Waals surface area (Å²) in [6.45, 7) is 5.22. The first-order valence-electron chi connectivity index (χ1n) is 7.52. The molecule has 0 spiro atoms. The van der Waals surface area contributed by atoms with Crippen LogP contribution in [0.15, 0.2) is 0 Å². The van der Waals surface area contributed by atoms with Crippen LogP contribution in [0.5, 0.6) is 0 Å². The zero-order valence-corrected chi connectivity index (χ0v) is 13.6. The number of rotatable bonds is 6. The number of amides is 2. The van der Waals surface area contributed by atoms with Gasteiger partial charge in [-0.25, -0.2) is 0 Å². The molecule has 116 valence electrons. The average molecular weight is 283 g/mol. The minimum Gasteiger partial charge on any atom is -0.338 e. The van der Waals surface area contributed by atoms with Gasteiger partial charge in [-0.1, -0.05) is 0 Å². The van der Waals surface area contributed by atoms with Crippen molar-refractivity contribution in [3.05, 3.63) is 0 Å². The molecule has 0 N–H and O–H groups in total. The Balaban J connectivity index is 2.36. The lowest BCUT2D eigenvalue weighted by Gasteiger charge is -2.25. The van der Waals surface area contributed by atoms with Gasteiger partial charge in [0.1, 0.15) is 0 Å². The average Bonchev–Trinajstić information content (AvgIpc) is 2.81. The molecule has 0 aromatic heterocycles. The zero-order chi connectivity index (χ0) is 15.3. The first-order valence-corrected chi connectivity index (χ1v) is 7.52. The van der Waals surface area contributed by atoms with Crippen LogP contribution in [0.25, 0.3) is 0 Å². The third-order valence-corrected chi connectivity index (χ3v) is 4.33. The molecule has 1 fully saturated rings. The number of carbonyl (C=O) groups excluding carboxylic acids is 2. The van der Waals surface area contributed by atoms with Gasteiger partial charge in [-0.15, -0.1) is 0 Å². The van der Waals surface area contributed by atoms with E-state index in [0.29, 0.717) is 18.5 Å². The number of hydrogen-bond donors (Lipinski definition) is 0. The van der Waals surface area contributed by atoms with Crippen LogP contribution in [0.3, 0.4) is 0 Å². The fourth-order valence-electron chi connectivity index (χ4n) is 2.47. The van der Waals surface area contributed by atoms with Crippen LogP contribution in [0.2, 0.25) is 0 Å². The molecule has 0 saturated carbocycles. The van der Waals surface area contributed by atoms with Gasteiger partial charge in [0, 0.05) is 32.1 Å². The van der Waals surface area contributed by atoms with Crippen molar-refractivity contribution >= 4 is 11.8 Å². The first kappa shape index (κ1) is 17.0. The number of carbonyl (C=O) groups is 2. The van der Waals surface area contributed by atoms with Crippen LogP contribution < -0.4 is 0 Å². The minimum atomic E-state index is 0.0545. The fourth-order valence-corrected chi connectivity index (χ4v) is 2.47. The maximum absolute atomic E-state index is 12.1. The number of likely N-dealkylation sites (N-methyl/N-ethyl adjacent to an activating group) is 1. The highest BCUT2D eigenvalue weighted by molar-refractivity contribution is 5.85. The maximum Gasteiger partial charge on any atom is 0.242 e. The Morgan fingerprint density at radius 1 is 1.30 bits per heavy atom. The molecule has 1 rings (SSSR count). The van der Waals surface area contributed by atoms with E-state index in [2.05, 4.69) is 18.7 Å². The molecule has 0 aliphatic carbocycles. The Hall–Kier alpha value is -1.10. The molecule has 1 saturated heterocycles. The van der Waals surface area contributed by atoms with Crippen LogP contribution in [0.4, 0.5) is 0 Å². The highest BCUT2D eigenvalue weighted by Gasteiger charge is 2.26. The van der Waals surface area contributed by atoms with Gasteiger partial charge in [-0.2, -0.15) is 0 Å². The summed E-state index contributed by atoms with van der Waals surface area (Å²) in [4.78, 5) is 29.7. The van der Waals surface area contributed by atoms with Crippen LogP contribution >= 0.6 is 0 Å². The van der Waals surface area contributed by atoms with Crippen molar-refractivity contribution in [1.29, 1.82) is 0 Å². The molecule has 0 aromatic carbocycles. The molecule has 0 radical (unpaired) electrons. The van der Waals surface area contributed by atoms with Gasteiger partial charge in [-0.3, -0.25) is 9.59 Å². The summed E-state index contributed by atoms with van der Waals surface area (Å²) in [6.07, 6.45) is 3.47. The fraction of sp³-hybridized carbons (Fsp3) is 0.867. The molecule has 5 heteroatoms. The van der Waals surface area contributed by atoms with E-state index in [1.807, 2.05) is 19.0 Å². The van der Waals surface area contributed by atoms with Gasteiger partial charge in [0.05, 0.1) is 6.54 Å². The number of likely N-dealkylation sites (tertiary alicyclic amines) is 1. The smallest absolute Gasteiger partial charge is 0.242 e. The van der Waals surface area contributed by atoms with Crippen molar-refractivity contribution in [2.75, 3.05) is 34.2 Å². The van der Waals surface area contributed by atoms with E-state index in [-0.39, 0.29) is 18.4 Å². The molecular weight excluding hydrogens is 254 g/mol. The van der Waals surface area contributed by atoms with E-state index in [4.69, 9.17) is 0 Å². The lowest BCUT2D eigenvalue weighted by Crippen LogP contribution is -2.42. The molecule has 1 aliphatic heterocycles. The maximum atomic E-state index is 12.1. The van der Waals surface area contributed by atoms with Crippen molar-refractivity contribution in [3.63, 3.8) is 0 Å². The highest BCUT2D eigenvalue weighted by atomic mass is 16.2. The second kappa shape index (κ2) is 7.62. The SMILES string of the molecule is CC(CCC(=O)N(C)CC(=O)N1CCC[C@H]1C)N(C)C. The predicted octanol–water partition coefficient (Wildman–Crippen LogP) is 1.19. The van der Waals surface area contributed by atoms with Crippen molar-refractivity contribution in [2.45, 2.75) is 51.6 Å². The minimum absolute atomic E-state index is 0.0545. The van der Waals surface area contributed by atoms with Gasteiger partial charge in [-0.05, 0) is 47.2 Å². The Bertz CT molecular complexity index is 344. The summed E-state index contributed by atoms with van der Waals surface area (Å²) in [6, 6.07) is 0.696. The summed E-state index contributed by atoms with van der Waals surface area (Å²) >= 11 is 0. The van der Waals surface area contributed by atoms with E-state index in [0.717, 1.165) is 25.8 Å². The van der Waals surface area contributed by atoms with Crippen molar-refractivity contribution in [3.8, 4) is 0 Å². The second-order valence-electron chi connectivity index (χ2n) is 6.18. The van der Waals surface area contributed by atoms with Crippen molar-refractivity contribution in [2.24, 2.45) is 0 Å². The van der Waals surface area contributed by atoms with Crippen LogP contribution in [-0.4, -0.2) is 72.8 Å². The first-order chi connectivity index (χ1) is 9.32. The van der Waals surface area contributed by atoms with E-state index >= 15 is 0 Å². The Kier molecular flexibility index (Phi) is 6.46. The van der Waals surface area contributed by atoms with E-state index < -0.39 is 0 Å². The van der Waals surface area contributed by atoms with Gasteiger partial charge in [0.15, 0.2) is 0 Å². The molecule has 20 heavy (non-hydrogen) atoms. The molecule has 0 bridgehead atoms. The standard InChI is InChI=1S/C15H29N3O2/c1-12(16(3)4)8-9-14(19)17(5)11-15(20)18-10-6-7-13(18)2/h12-13H,6-11H2,1-5H3/t12?,13-/m1/s1. The van der Waals surface area contributed by atoms with Gasteiger partial charge < -0.3 is 14.7 Å². The van der Waals surface area contributed by atoms with Gasteiger partial charge in [0.25, 0.3) is 0 Å². The predicted molar refractivity (Wildman–Crippen MR) is 80.4 cm³/mol. The number of hydrogen-bond acceptors (Lipinski definition) is 3. The molecule has 1 unspecified atom stereocenters. The highest BCUT2D eigenvalue weighted by Crippen LogP contribution is 2.16.